The van der Waals surface area contributed by atoms with Gasteiger partial charge in [0.1, 0.15) is 5.15 Å². The number of rotatable bonds is 2. The van der Waals surface area contributed by atoms with Crippen LogP contribution in [0.25, 0.3) is 5.57 Å². The van der Waals surface area contributed by atoms with Gasteiger partial charge in [-0.25, -0.2) is 9.78 Å². The fraction of sp³-hybridized carbons (Fsp3) is 0.273. The largest absolute Gasteiger partial charge is 0.476 e. The van der Waals surface area contributed by atoms with E-state index in [1.165, 1.54) is 0 Å². The SMILES string of the molecule is Nc1c(C2=CCOCC2)cc(Cl)nc1C(=O)O. The quantitative estimate of drug-likeness (QED) is 0.787. The Balaban J connectivity index is 2.53. The number of ether oxygens (including phenoxy) is 1. The topological polar surface area (TPSA) is 85.4 Å². The third-order valence-electron chi connectivity index (χ3n) is 2.54. The van der Waals surface area contributed by atoms with Gasteiger partial charge in [0.05, 0.1) is 18.9 Å². The van der Waals surface area contributed by atoms with Crippen LogP contribution in [-0.4, -0.2) is 29.3 Å². The highest BCUT2D eigenvalue weighted by atomic mass is 35.5. The Morgan fingerprint density at radius 3 is 2.94 bits per heavy atom. The molecular weight excluding hydrogens is 244 g/mol. The molecule has 0 saturated carbocycles. The molecule has 0 saturated heterocycles. The predicted molar refractivity (Wildman–Crippen MR) is 64.0 cm³/mol. The maximum atomic E-state index is 11.0. The Labute approximate surface area is 103 Å². The number of hydrogen-bond donors (Lipinski definition) is 2. The lowest BCUT2D eigenvalue weighted by molar-refractivity contribution is 0.0691. The van der Waals surface area contributed by atoms with E-state index in [2.05, 4.69) is 4.98 Å². The number of nitrogens with zero attached hydrogens (tertiary/aromatic N) is 1. The van der Waals surface area contributed by atoms with Crippen molar-refractivity contribution in [1.82, 2.24) is 4.98 Å². The van der Waals surface area contributed by atoms with Gasteiger partial charge in [-0.2, -0.15) is 0 Å². The molecule has 0 radical (unpaired) electrons. The molecule has 0 bridgehead atoms. The zero-order valence-electron chi connectivity index (χ0n) is 8.94. The highest BCUT2D eigenvalue weighted by Crippen LogP contribution is 2.30. The van der Waals surface area contributed by atoms with E-state index in [1.807, 2.05) is 6.08 Å². The molecule has 0 atom stereocenters. The van der Waals surface area contributed by atoms with E-state index in [0.29, 0.717) is 25.2 Å². The fourth-order valence-corrected chi connectivity index (χ4v) is 1.92. The Morgan fingerprint density at radius 2 is 2.35 bits per heavy atom. The zero-order chi connectivity index (χ0) is 12.4. The summed E-state index contributed by atoms with van der Waals surface area (Å²) in [6.07, 6.45) is 2.56. The number of nitrogens with two attached hydrogens (primary N) is 1. The van der Waals surface area contributed by atoms with Crippen LogP contribution in [0.5, 0.6) is 0 Å². The van der Waals surface area contributed by atoms with Crippen LogP contribution < -0.4 is 5.73 Å². The number of aromatic carboxylic acids is 1. The number of pyridine rings is 1. The van der Waals surface area contributed by atoms with Crippen LogP contribution in [0.4, 0.5) is 5.69 Å². The predicted octanol–water partition coefficient (Wildman–Crippen LogP) is 1.82. The summed E-state index contributed by atoms with van der Waals surface area (Å²) in [5, 5.41) is 9.09. The number of carboxylic acids is 1. The first-order valence-electron chi connectivity index (χ1n) is 5.06. The minimum atomic E-state index is -1.18. The summed E-state index contributed by atoms with van der Waals surface area (Å²) >= 11 is 5.80. The highest BCUT2D eigenvalue weighted by Gasteiger charge is 2.18. The fourth-order valence-electron chi connectivity index (χ4n) is 1.72. The molecule has 0 aliphatic carbocycles. The molecule has 0 aromatic carbocycles. The molecule has 1 aromatic rings. The molecule has 0 spiro atoms. The number of anilines is 1. The maximum absolute atomic E-state index is 11.0. The van der Waals surface area contributed by atoms with Gasteiger partial charge in [-0.3, -0.25) is 0 Å². The second kappa shape index (κ2) is 4.73. The van der Waals surface area contributed by atoms with Gasteiger partial charge in [-0.1, -0.05) is 17.7 Å². The number of carboxylic acid groups (broad SMARTS) is 1. The second-order valence-corrected chi connectivity index (χ2v) is 4.00. The van der Waals surface area contributed by atoms with E-state index in [0.717, 1.165) is 5.57 Å². The lowest BCUT2D eigenvalue weighted by atomic mass is 10.00. The number of halogens is 1. The minimum Gasteiger partial charge on any atom is -0.476 e. The van der Waals surface area contributed by atoms with E-state index in [1.54, 1.807) is 6.07 Å². The molecule has 1 aliphatic heterocycles. The van der Waals surface area contributed by atoms with Crippen molar-refractivity contribution < 1.29 is 14.6 Å². The average Bonchev–Trinajstić information content (AvgIpc) is 2.32. The van der Waals surface area contributed by atoms with Crippen molar-refractivity contribution in [3.63, 3.8) is 0 Å². The first-order valence-corrected chi connectivity index (χ1v) is 5.44. The smallest absolute Gasteiger partial charge is 0.356 e. The van der Waals surface area contributed by atoms with Crippen LogP contribution in [0.15, 0.2) is 12.1 Å². The number of hydrogen-bond acceptors (Lipinski definition) is 4. The van der Waals surface area contributed by atoms with Gasteiger partial charge in [0.2, 0.25) is 0 Å². The van der Waals surface area contributed by atoms with Gasteiger partial charge in [0.25, 0.3) is 0 Å². The monoisotopic (exact) mass is 254 g/mol. The molecule has 0 unspecified atom stereocenters. The molecule has 0 amide bonds. The van der Waals surface area contributed by atoms with Crippen LogP contribution in [-0.2, 0) is 4.74 Å². The van der Waals surface area contributed by atoms with Crippen molar-refractivity contribution >= 4 is 28.8 Å². The molecule has 0 fully saturated rings. The van der Waals surface area contributed by atoms with Gasteiger partial charge >= 0.3 is 5.97 Å². The first kappa shape index (κ1) is 11.9. The lowest BCUT2D eigenvalue weighted by Crippen LogP contribution is -2.11. The Morgan fingerprint density at radius 1 is 1.59 bits per heavy atom. The molecule has 1 aliphatic rings. The standard InChI is InChI=1S/C11H11ClN2O3/c12-8-5-7(6-1-3-17-4-2-6)9(13)10(14-8)11(15)16/h1,5H,2-4,13H2,(H,15,16). The van der Waals surface area contributed by atoms with Crippen molar-refractivity contribution in [3.8, 4) is 0 Å². The third-order valence-corrected chi connectivity index (χ3v) is 2.73. The molecule has 6 heteroatoms. The van der Waals surface area contributed by atoms with Crippen molar-refractivity contribution in [1.29, 1.82) is 0 Å². The normalized spacial score (nSPS) is 15.5. The van der Waals surface area contributed by atoms with Crippen LogP contribution in [0, 0.1) is 0 Å². The average molecular weight is 255 g/mol. The van der Waals surface area contributed by atoms with E-state index in [-0.39, 0.29) is 16.5 Å². The molecular formula is C11H11ClN2O3. The van der Waals surface area contributed by atoms with Gasteiger partial charge < -0.3 is 15.6 Å². The van der Waals surface area contributed by atoms with Crippen molar-refractivity contribution in [2.24, 2.45) is 0 Å². The van der Waals surface area contributed by atoms with E-state index in [9.17, 15) is 4.79 Å². The number of aromatic nitrogens is 1. The van der Waals surface area contributed by atoms with Gasteiger partial charge in [-0.15, -0.1) is 0 Å². The van der Waals surface area contributed by atoms with Crippen LogP contribution in [0.3, 0.4) is 0 Å². The Kier molecular flexibility index (Phi) is 3.31. The summed E-state index contributed by atoms with van der Waals surface area (Å²) in [7, 11) is 0. The third kappa shape index (κ3) is 2.40. The van der Waals surface area contributed by atoms with Crippen LogP contribution in [0.2, 0.25) is 5.15 Å². The molecule has 90 valence electrons. The van der Waals surface area contributed by atoms with E-state index in [4.69, 9.17) is 27.2 Å². The number of nitrogen functional groups attached to an aromatic ring is 1. The zero-order valence-corrected chi connectivity index (χ0v) is 9.70. The molecule has 3 N–H and O–H groups in total. The van der Waals surface area contributed by atoms with Gasteiger partial charge in [0.15, 0.2) is 5.69 Å². The van der Waals surface area contributed by atoms with E-state index >= 15 is 0 Å². The van der Waals surface area contributed by atoms with Crippen molar-refractivity contribution in [2.75, 3.05) is 18.9 Å². The van der Waals surface area contributed by atoms with Crippen LogP contribution in [0.1, 0.15) is 22.5 Å². The lowest BCUT2D eigenvalue weighted by Gasteiger charge is -2.16. The Bertz CT molecular complexity index is 500. The van der Waals surface area contributed by atoms with Crippen LogP contribution >= 0.6 is 11.6 Å². The number of carbonyl (C=O) groups is 1. The molecule has 2 heterocycles. The summed E-state index contributed by atoms with van der Waals surface area (Å²) in [6.45, 7) is 1.09. The summed E-state index contributed by atoms with van der Waals surface area (Å²) in [5.74, 6) is -1.18. The minimum absolute atomic E-state index is 0.124. The molecule has 5 nitrogen and oxygen atoms in total. The summed E-state index contributed by atoms with van der Waals surface area (Å²) in [4.78, 5) is 14.7. The summed E-state index contributed by atoms with van der Waals surface area (Å²) in [5.41, 5.74) is 7.32. The van der Waals surface area contributed by atoms with E-state index < -0.39 is 5.97 Å². The van der Waals surface area contributed by atoms with Gasteiger partial charge in [0, 0.05) is 5.56 Å². The molecule has 17 heavy (non-hydrogen) atoms. The summed E-state index contributed by atoms with van der Waals surface area (Å²) in [6, 6.07) is 1.58. The first-order chi connectivity index (χ1) is 8.09. The van der Waals surface area contributed by atoms with Crippen molar-refractivity contribution in [3.05, 3.63) is 28.6 Å². The highest BCUT2D eigenvalue weighted by molar-refractivity contribution is 6.30. The summed E-state index contributed by atoms with van der Waals surface area (Å²) < 4.78 is 5.19. The second-order valence-electron chi connectivity index (χ2n) is 3.61. The molecule has 2 rings (SSSR count). The Hall–Kier alpha value is -1.59. The van der Waals surface area contributed by atoms with Gasteiger partial charge in [-0.05, 0) is 18.1 Å². The van der Waals surface area contributed by atoms with Crippen molar-refractivity contribution in [2.45, 2.75) is 6.42 Å². The molecule has 1 aromatic heterocycles. The maximum Gasteiger partial charge on any atom is 0.356 e.